The average molecular weight is 471 g/mol. The highest BCUT2D eigenvalue weighted by molar-refractivity contribution is 9.10. The zero-order valence-corrected chi connectivity index (χ0v) is 18.0. The number of nitrogens with zero attached hydrogens (tertiary/aromatic N) is 2. The molecule has 1 aliphatic rings. The van der Waals surface area contributed by atoms with Gasteiger partial charge in [0.1, 0.15) is 5.75 Å². The minimum Gasteiger partial charge on any atom is -0.497 e. The van der Waals surface area contributed by atoms with Gasteiger partial charge in [-0.1, -0.05) is 46.3 Å². The summed E-state index contributed by atoms with van der Waals surface area (Å²) in [7, 11) is 1.59. The van der Waals surface area contributed by atoms with Crippen LogP contribution in [-0.4, -0.2) is 28.7 Å². The van der Waals surface area contributed by atoms with Gasteiger partial charge in [-0.15, -0.1) is 0 Å². The third-order valence-corrected chi connectivity index (χ3v) is 5.88. The molecule has 1 heterocycles. The van der Waals surface area contributed by atoms with Gasteiger partial charge in [0.05, 0.1) is 7.11 Å². The molecule has 3 aromatic carbocycles. The number of thiocarbonyl (C=S) groups is 1. The molecule has 3 aromatic rings. The number of rotatable bonds is 4. The molecule has 1 aliphatic heterocycles. The lowest BCUT2D eigenvalue weighted by Crippen LogP contribution is -2.49. The van der Waals surface area contributed by atoms with E-state index in [2.05, 4.69) is 15.9 Å². The van der Waals surface area contributed by atoms with Crippen LogP contribution in [0.3, 0.4) is 0 Å². The van der Waals surface area contributed by atoms with Crippen LogP contribution in [-0.2, 0) is 5.72 Å². The van der Waals surface area contributed by atoms with Crippen molar-refractivity contribution in [1.82, 2.24) is 0 Å². The van der Waals surface area contributed by atoms with Crippen LogP contribution in [0.4, 0.5) is 11.4 Å². The first-order valence-electron chi connectivity index (χ1n) is 8.96. The van der Waals surface area contributed by atoms with E-state index in [0.29, 0.717) is 27.8 Å². The van der Waals surface area contributed by atoms with Gasteiger partial charge in [-0.2, -0.15) is 0 Å². The van der Waals surface area contributed by atoms with Gasteiger partial charge in [-0.3, -0.25) is 9.80 Å². The fourth-order valence-corrected chi connectivity index (χ4v) is 4.22. The van der Waals surface area contributed by atoms with Crippen molar-refractivity contribution in [3.63, 3.8) is 0 Å². The Hall–Kier alpha value is -2.45. The van der Waals surface area contributed by atoms with E-state index in [1.54, 1.807) is 53.3 Å². The first-order chi connectivity index (χ1) is 14.0. The molecule has 0 saturated carbocycles. The zero-order valence-electron chi connectivity index (χ0n) is 15.6. The molecule has 0 unspecified atom stereocenters. The Bertz CT molecular complexity index is 1010. The van der Waals surface area contributed by atoms with Crippen molar-refractivity contribution in [3.8, 4) is 5.75 Å². The number of halogens is 1. The second-order valence-corrected chi connectivity index (χ2v) is 7.91. The minimum atomic E-state index is -1.78. The van der Waals surface area contributed by atoms with Gasteiger partial charge in [0.15, 0.2) is 11.3 Å². The monoisotopic (exact) mass is 470 g/mol. The second kappa shape index (κ2) is 7.76. The Labute approximate surface area is 182 Å². The molecule has 0 amide bonds. The molecule has 1 saturated heterocycles. The minimum absolute atomic E-state index is 0.291. The molecular weight excluding hydrogens is 452 g/mol. The SMILES string of the molecule is COc1ccc(N2C(=S)N(c3ccccc3)[C@@](O)(c3ccc(Br)cc3)[C@@H]2O)cc1. The quantitative estimate of drug-likeness (QED) is 0.556. The van der Waals surface area contributed by atoms with Gasteiger partial charge < -0.3 is 14.9 Å². The van der Waals surface area contributed by atoms with Crippen molar-refractivity contribution in [1.29, 1.82) is 0 Å². The molecule has 1 fully saturated rings. The van der Waals surface area contributed by atoms with Gasteiger partial charge in [0.25, 0.3) is 0 Å². The van der Waals surface area contributed by atoms with Gasteiger partial charge >= 0.3 is 0 Å². The highest BCUT2D eigenvalue weighted by Gasteiger charge is 2.56. The molecule has 0 radical (unpaired) electrons. The number of methoxy groups -OCH3 is 1. The molecule has 2 atom stereocenters. The number of anilines is 2. The van der Waals surface area contributed by atoms with Crippen LogP contribution in [0.2, 0.25) is 0 Å². The number of hydrogen-bond acceptors (Lipinski definition) is 4. The molecule has 148 valence electrons. The fourth-order valence-electron chi connectivity index (χ4n) is 3.51. The van der Waals surface area contributed by atoms with Crippen molar-refractivity contribution < 1.29 is 14.9 Å². The lowest BCUT2D eigenvalue weighted by molar-refractivity contribution is -0.0546. The third-order valence-electron chi connectivity index (χ3n) is 4.98. The lowest BCUT2D eigenvalue weighted by Gasteiger charge is -2.35. The average Bonchev–Trinajstić information content (AvgIpc) is 2.95. The molecule has 0 spiro atoms. The molecule has 2 N–H and O–H groups in total. The number of para-hydroxylation sites is 1. The summed E-state index contributed by atoms with van der Waals surface area (Å²) < 4.78 is 6.09. The highest BCUT2D eigenvalue weighted by atomic mass is 79.9. The Balaban J connectivity index is 1.86. The standard InChI is InChI=1S/C22H19BrN2O3S/c1-28-19-13-11-17(12-14-19)24-20(26)22(27,15-7-9-16(23)10-8-15)25(21(24)29)18-5-3-2-4-6-18/h2-14,20,26-27H,1H3/t20-,22+/m0/s1. The van der Waals surface area contributed by atoms with E-state index in [-0.39, 0.29) is 0 Å². The van der Waals surface area contributed by atoms with E-state index in [9.17, 15) is 10.2 Å². The molecule has 0 aromatic heterocycles. The van der Waals surface area contributed by atoms with Crippen LogP contribution in [0, 0.1) is 0 Å². The maximum atomic E-state index is 11.8. The summed E-state index contributed by atoms with van der Waals surface area (Å²) in [5.74, 6) is 0.691. The predicted molar refractivity (Wildman–Crippen MR) is 121 cm³/mol. The van der Waals surface area contributed by atoms with E-state index >= 15 is 0 Å². The predicted octanol–water partition coefficient (Wildman–Crippen LogP) is 4.23. The highest BCUT2D eigenvalue weighted by Crippen LogP contribution is 2.44. The maximum Gasteiger partial charge on any atom is 0.217 e. The Kier molecular flexibility index (Phi) is 5.31. The van der Waals surface area contributed by atoms with Crippen LogP contribution in [0.1, 0.15) is 5.56 Å². The first-order valence-corrected chi connectivity index (χ1v) is 10.2. The van der Waals surface area contributed by atoms with E-state index in [1.165, 1.54) is 0 Å². The Morgan fingerprint density at radius 2 is 1.55 bits per heavy atom. The number of hydrogen-bond donors (Lipinski definition) is 2. The van der Waals surface area contributed by atoms with E-state index in [4.69, 9.17) is 17.0 Å². The summed E-state index contributed by atoms with van der Waals surface area (Å²) in [5, 5.41) is 23.5. The fraction of sp³-hybridized carbons (Fsp3) is 0.136. The summed E-state index contributed by atoms with van der Waals surface area (Å²) in [5.41, 5.74) is 0.0738. The molecule has 4 rings (SSSR count). The van der Waals surface area contributed by atoms with E-state index in [1.807, 2.05) is 42.5 Å². The van der Waals surface area contributed by atoms with Crippen LogP contribution in [0.15, 0.2) is 83.3 Å². The number of benzene rings is 3. The van der Waals surface area contributed by atoms with Crippen LogP contribution >= 0.6 is 28.1 Å². The number of ether oxygens (including phenoxy) is 1. The molecular formula is C22H19BrN2O3S. The summed E-state index contributed by atoms with van der Waals surface area (Å²) >= 11 is 9.15. The van der Waals surface area contributed by atoms with Crippen molar-refractivity contribution in [2.45, 2.75) is 12.0 Å². The van der Waals surface area contributed by atoms with Crippen molar-refractivity contribution in [3.05, 3.63) is 88.9 Å². The third kappa shape index (κ3) is 3.30. The Morgan fingerprint density at radius 1 is 0.931 bits per heavy atom. The van der Waals surface area contributed by atoms with Crippen molar-refractivity contribution in [2.75, 3.05) is 16.9 Å². The maximum absolute atomic E-state index is 11.8. The molecule has 7 heteroatoms. The van der Waals surface area contributed by atoms with Gasteiger partial charge in [0, 0.05) is 21.4 Å². The van der Waals surface area contributed by atoms with Gasteiger partial charge in [-0.05, 0) is 60.7 Å². The van der Waals surface area contributed by atoms with Gasteiger partial charge in [0.2, 0.25) is 5.72 Å². The largest absolute Gasteiger partial charge is 0.497 e. The first kappa shape index (κ1) is 19.8. The summed E-state index contributed by atoms with van der Waals surface area (Å²) in [6.07, 6.45) is -1.33. The van der Waals surface area contributed by atoms with Crippen molar-refractivity contribution in [2.24, 2.45) is 0 Å². The topological polar surface area (TPSA) is 56.2 Å². The van der Waals surface area contributed by atoms with Crippen LogP contribution in [0.25, 0.3) is 0 Å². The van der Waals surface area contributed by atoms with Crippen LogP contribution in [0.5, 0.6) is 5.75 Å². The summed E-state index contributed by atoms with van der Waals surface area (Å²) in [6, 6.07) is 23.7. The number of aliphatic hydroxyl groups is 2. The van der Waals surface area contributed by atoms with Gasteiger partial charge in [-0.25, -0.2) is 0 Å². The number of aliphatic hydroxyl groups excluding tert-OH is 1. The molecule has 0 aliphatic carbocycles. The zero-order chi connectivity index (χ0) is 20.6. The van der Waals surface area contributed by atoms with Crippen molar-refractivity contribution >= 4 is 44.6 Å². The normalized spacial score (nSPS) is 21.5. The van der Waals surface area contributed by atoms with E-state index in [0.717, 1.165) is 4.47 Å². The van der Waals surface area contributed by atoms with E-state index < -0.39 is 12.0 Å². The second-order valence-electron chi connectivity index (χ2n) is 6.63. The summed E-state index contributed by atoms with van der Waals surface area (Å²) in [4.78, 5) is 3.13. The molecule has 29 heavy (non-hydrogen) atoms. The lowest BCUT2D eigenvalue weighted by atomic mass is 9.99. The smallest absolute Gasteiger partial charge is 0.217 e. The van der Waals surface area contributed by atoms with Crippen LogP contribution < -0.4 is 14.5 Å². The molecule has 0 bridgehead atoms. The molecule has 5 nitrogen and oxygen atoms in total. The summed E-state index contributed by atoms with van der Waals surface area (Å²) in [6.45, 7) is 0. The Morgan fingerprint density at radius 3 is 2.14 bits per heavy atom.